The highest BCUT2D eigenvalue weighted by Gasteiger charge is 2.40. The van der Waals surface area contributed by atoms with Crippen molar-refractivity contribution < 1.29 is 14.6 Å². The van der Waals surface area contributed by atoms with Gasteiger partial charge in [0.25, 0.3) is 5.91 Å². The van der Waals surface area contributed by atoms with E-state index in [1.165, 1.54) is 23.5 Å². The summed E-state index contributed by atoms with van der Waals surface area (Å²) in [4.78, 5) is 23.6. The van der Waals surface area contributed by atoms with Crippen molar-refractivity contribution in [3.8, 4) is 11.5 Å². The number of methoxy groups -OCH3 is 1. The van der Waals surface area contributed by atoms with E-state index < -0.39 is 0 Å². The number of anilines is 2. The molecule has 9 heteroatoms. The number of ether oxygens (including phenoxy) is 1. The van der Waals surface area contributed by atoms with Gasteiger partial charge in [-0.1, -0.05) is 35.5 Å². The second-order valence-corrected chi connectivity index (χ2v) is 9.65. The Bertz CT molecular complexity index is 1320. The lowest BCUT2D eigenvalue weighted by Crippen LogP contribution is -2.29. The number of benzene rings is 3. The molecule has 1 amide bonds. The van der Waals surface area contributed by atoms with E-state index in [-0.39, 0.29) is 11.7 Å². The first-order valence-corrected chi connectivity index (χ1v) is 12.0. The number of amidine groups is 1. The number of thioether (sulfide) groups is 2. The van der Waals surface area contributed by atoms with Crippen molar-refractivity contribution in [1.82, 2.24) is 0 Å². The van der Waals surface area contributed by atoms with E-state index in [4.69, 9.17) is 21.3 Å². The summed E-state index contributed by atoms with van der Waals surface area (Å²) < 4.78 is 5.36. The monoisotopic (exact) mass is 495 g/mol. The zero-order valence-corrected chi connectivity index (χ0v) is 20.0. The standard InChI is InChI=1S/C24H18ClN3O3S2/c1-27-19-13-16(31-2)11-12-20(19)32-23(27)21-22(30)28(14-7-9-15(29)10-8-14)24(33-21)26-18-6-4-3-5-17(18)25/h3-13,29H,1-2H3/b23-21-,26-24?. The lowest BCUT2D eigenvalue weighted by Gasteiger charge is -2.17. The number of fused-ring (bicyclic) bond motifs is 1. The van der Waals surface area contributed by atoms with Crippen LogP contribution in [-0.2, 0) is 4.79 Å². The Morgan fingerprint density at radius 3 is 2.52 bits per heavy atom. The molecule has 3 aromatic rings. The number of phenolic OH excluding ortho intramolecular Hbond substituents is 1. The van der Waals surface area contributed by atoms with Crippen LogP contribution >= 0.6 is 35.1 Å². The molecule has 2 aliphatic heterocycles. The number of hydrogen-bond acceptors (Lipinski definition) is 7. The van der Waals surface area contributed by atoms with Gasteiger partial charge in [0.1, 0.15) is 16.4 Å². The second-order valence-electron chi connectivity index (χ2n) is 7.23. The smallest absolute Gasteiger partial charge is 0.274 e. The minimum Gasteiger partial charge on any atom is -0.508 e. The molecule has 3 aromatic carbocycles. The fourth-order valence-corrected chi connectivity index (χ4v) is 6.00. The van der Waals surface area contributed by atoms with Crippen LogP contribution in [-0.4, -0.2) is 30.3 Å². The SMILES string of the molecule is COc1ccc2c(c1)N(C)/C(=C1/SC(=Nc3ccccc3Cl)N(c3ccc(O)cc3)C1=O)S2. The van der Waals surface area contributed by atoms with Crippen LogP contribution in [0.2, 0.25) is 5.02 Å². The highest BCUT2D eigenvalue weighted by Crippen LogP contribution is 2.51. The van der Waals surface area contributed by atoms with Gasteiger partial charge < -0.3 is 14.7 Å². The number of rotatable bonds is 3. The van der Waals surface area contributed by atoms with E-state index in [1.54, 1.807) is 48.4 Å². The first-order valence-electron chi connectivity index (χ1n) is 9.94. The maximum absolute atomic E-state index is 13.7. The Morgan fingerprint density at radius 2 is 1.79 bits per heavy atom. The Kier molecular flexibility index (Phi) is 5.74. The first kappa shape index (κ1) is 21.8. The molecule has 33 heavy (non-hydrogen) atoms. The van der Waals surface area contributed by atoms with Gasteiger partial charge in [-0.3, -0.25) is 9.69 Å². The molecule has 0 aromatic heterocycles. The molecule has 5 rings (SSSR count). The lowest BCUT2D eigenvalue weighted by atomic mass is 10.2. The Balaban J connectivity index is 1.61. The van der Waals surface area contributed by atoms with Gasteiger partial charge in [0.2, 0.25) is 0 Å². The van der Waals surface area contributed by atoms with Gasteiger partial charge in [0, 0.05) is 18.0 Å². The van der Waals surface area contributed by atoms with Gasteiger partial charge in [-0.25, -0.2) is 4.99 Å². The maximum Gasteiger partial charge on any atom is 0.274 e. The Morgan fingerprint density at radius 1 is 1.03 bits per heavy atom. The van der Waals surface area contributed by atoms with Crippen LogP contribution in [0, 0.1) is 0 Å². The summed E-state index contributed by atoms with van der Waals surface area (Å²) in [7, 11) is 3.56. The summed E-state index contributed by atoms with van der Waals surface area (Å²) in [5.74, 6) is 0.687. The van der Waals surface area contributed by atoms with Crippen LogP contribution in [0.5, 0.6) is 11.5 Å². The summed E-state index contributed by atoms with van der Waals surface area (Å²) >= 11 is 9.18. The van der Waals surface area contributed by atoms with Crippen LogP contribution in [0.1, 0.15) is 0 Å². The van der Waals surface area contributed by atoms with Gasteiger partial charge >= 0.3 is 0 Å². The van der Waals surface area contributed by atoms with E-state index in [2.05, 4.69) is 0 Å². The molecule has 2 aliphatic rings. The van der Waals surface area contributed by atoms with Crippen molar-refractivity contribution in [3.05, 3.63) is 81.7 Å². The molecule has 166 valence electrons. The number of nitrogens with zero attached hydrogens (tertiary/aromatic N) is 3. The first-order chi connectivity index (χ1) is 16.0. The van der Waals surface area contributed by atoms with Crippen molar-refractivity contribution >= 4 is 63.3 Å². The number of halogens is 1. The van der Waals surface area contributed by atoms with Crippen LogP contribution in [0.25, 0.3) is 0 Å². The summed E-state index contributed by atoms with van der Waals surface area (Å²) in [5.41, 5.74) is 2.16. The molecule has 0 radical (unpaired) electrons. The summed E-state index contributed by atoms with van der Waals surface area (Å²) in [5, 5.41) is 11.5. The molecular formula is C24H18ClN3O3S2. The average Bonchev–Trinajstić information content (AvgIpc) is 3.32. The molecule has 2 heterocycles. The van der Waals surface area contributed by atoms with E-state index in [1.807, 2.05) is 42.3 Å². The number of aliphatic imine (C=N–C) groups is 1. The second kappa shape index (κ2) is 8.70. The minimum absolute atomic E-state index is 0.122. The maximum atomic E-state index is 13.7. The number of aromatic hydroxyl groups is 1. The molecule has 1 N–H and O–H groups in total. The predicted octanol–water partition coefficient (Wildman–Crippen LogP) is 6.23. The third kappa shape index (κ3) is 3.94. The molecule has 1 saturated heterocycles. The highest BCUT2D eigenvalue weighted by atomic mass is 35.5. The van der Waals surface area contributed by atoms with Crippen LogP contribution < -0.4 is 14.5 Å². The number of carbonyl (C=O) groups excluding carboxylic acids is 1. The molecule has 0 spiro atoms. The van der Waals surface area contributed by atoms with Crippen LogP contribution in [0.15, 0.2) is 86.6 Å². The van der Waals surface area contributed by atoms with Gasteiger partial charge in [-0.2, -0.15) is 0 Å². The summed E-state index contributed by atoms with van der Waals surface area (Å²) in [6.45, 7) is 0. The molecule has 0 unspecified atom stereocenters. The Labute approximate surface area is 204 Å². The van der Waals surface area contributed by atoms with Gasteiger partial charge in [0.15, 0.2) is 5.17 Å². The fourth-order valence-electron chi connectivity index (χ4n) is 3.51. The molecule has 1 fully saturated rings. The number of phenols is 1. The molecule has 6 nitrogen and oxygen atoms in total. The normalized spacial score (nSPS) is 18.9. The quantitative estimate of drug-likeness (QED) is 0.434. The zero-order valence-electron chi connectivity index (χ0n) is 17.7. The molecule has 0 aliphatic carbocycles. The van der Waals surface area contributed by atoms with Gasteiger partial charge in [0.05, 0.1) is 34.2 Å². The van der Waals surface area contributed by atoms with E-state index in [0.29, 0.717) is 26.5 Å². The number of carbonyl (C=O) groups is 1. The minimum atomic E-state index is -0.189. The zero-order chi connectivity index (χ0) is 23.1. The van der Waals surface area contributed by atoms with Crippen LogP contribution in [0.3, 0.4) is 0 Å². The number of para-hydroxylation sites is 1. The van der Waals surface area contributed by atoms with E-state index in [0.717, 1.165) is 21.4 Å². The van der Waals surface area contributed by atoms with Crippen molar-refractivity contribution in [2.45, 2.75) is 4.90 Å². The molecule has 0 atom stereocenters. The lowest BCUT2D eigenvalue weighted by molar-refractivity contribution is -0.113. The Hall–Kier alpha value is -3.07. The molecule has 0 saturated carbocycles. The molecular weight excluding hydrogens is 478 g/mol. The third-order valence-corrected chi connectivity index (χ3v) is 7.91. The summed E-state index contributed by atoms with van der Waals surface area (Å²) in [6.07, 6.45) is 0. The van der Waals surface area contributed by atoms with Crippen molar-refractivity contribution in [1.29, 1.82) is 0 Å². The van der Waals surface area contributed by atoms with Crippen molar-refractivity contribution in [2.24, 2.45) is 4.99 Å². The average molecular weight is 496 g/mol. The third-order valence-electron chi connectivity index (χ3n) is 5.19. The molecule has 0 bridgehead atoms. The van der Waals surface area contributed by atoms with Crippen LogP contribution in [0.4, 0.5) is 17.1 Å². The highest BCUT2D eigenvalue weighted by molar-refractivity contribution is 8.20. The number of hydrogen-bond donors (Lipinski definition) is 1. The van der Waals surface area contributed by atoms with E-state index in [9.17, 15) is 9.90 Å². The van der Waals surface area contributed by atoms with Gasteiger partial charge in [-0.15, -0.1) is 0 Å². The summed E-state index contributed by atoms with van der Waals surface area (Å²) in [6, 6.07) is 19.6. The predicted molar refractivity (Wildman–Crippen MR) is 136 cm³/mol. The van der Waals surface area contributed by atoms with Gasteiger partial charge in [-0.05, 0) is 60.3 Å². The number of amides is 1. The van der Waals surface area contributed by atoms with Crippen molar-refractivity contribution in [2.75, 3.05) is 24.0 Å². The van der Waals surface area contributed by atoms with E-state index >= 15 is 0 Å². The largest absolute Gasteiger partial charge is 0.508 e. The topological polar surface area (TPSA) is 65.4 Å². The fraction of sp³-hybridized carbons (Fsp3) is 0.0833. The van der Waals surface area contributed by atoms with Crippen molar-refractivity contribution in [3.63, 3.8) is 0 Å².